The maximum atomic E-state index is 12.8. The predicted molar refractivity (Wildman–Crippen MR) is 83.6 cm³/mol. The van der Waals surface area contributed by atoms with Crippen molar-refractivity contribution in [2.24, 2.45) is 0 Å². The first-order chi connectivity index (χ1) is 9.68. The Labute approximate surface area is 126 Å². The van der Waals surface area contributed by atoms with E-state index in [1.54, 1.807) is 6.07 Å². The van der Waals surface area contributed by atoms with Crippen LogP contribution in [0.25, 0.3) is 0 Å². The fraction of sp³-hybridized carbons (Fsp3) is 0.529. The third-order valence-electron chi connectivity index (χ3n) is 3.65. The van der Waals surface area contributed by atoms with Gasteiger partial charge in [-0.3, -0.25) is 9.59 Å². The van der Waals surface area contributed by atoms with Crippen molar-refractivity contribution in [3.63, 3.8) is 0 Å². The zero-order chi connectivity index (χ0) is 16.2. The molecule has 0 heterocycles. The van der Waals surface area contributed by atoms with E-state index in [1.807, 2.05) is 52.8 Å². The van der Waals surface area contributed by atoms with Crippen molar-refractivity contribution in [3.8, 4) is 0 Å². The van der Waals surface area contributed by atoms with Crippen LogP contribution in [0.15, 0.2) is 24.3 Å². The molecule has 1 unspecified atom stereocenters. The maximum Gasteiger partial charge on any atom is 0.323 e. The first-order valence-corrected chi connectivity index (χ1v) is 7.30. The number of nitrogens with zero attached hydrogens (tertiary/aromatic N) is 1. The number of carbonyl (C=O) groups is 2. The van der Waals surface area contributed by atoms with E-state index >= 15 is 0 Å². The summed E-state index contributed by atoms with van der Waals surface area (Å²) in [4.78, 5) is 25.3. The zero-order valence-electron chi connectivity index (χ0n) is 13.5. The molecule has 0 aliphatic heterocycles. The van der Waals surface area contributed by atoms with Crippen LogP contribution in [-0.2, 0) is 10.2 Å². The lowest BCUT2D eigenvalue weighted by atomic mass is 9.83. The van der Waals surface area contributed by atoms with Crippen LogP contribution >= 0.6 is 0 Å². The van der Waals surface area contributed by atoms with Crippen LogP contribution in [-0.4, -0.2) is 34.5 Å². The second kappa shape index (κ2) is 6.74. The molecule has 0 saturated carbocycles. The summed E-state index contributed by atoms with van der Waals surface area (Å²) in [5.41, 5.74) is 1.36. The Morgan fingerprint density at radius 1 is 1.24 bits per heavy atom. The molecular weight excluding hydrogens is 266 g/mol. The van der Waals surface area contributed by atoms with Gasteiger partial charge in [0.1, 0.15) is 6.54 Å². The van der Waals surface area contributed by atoms with Crippen molar-refractivity contribution >= 4 is 11.9 Å². The third kappa shape index (κ3) is 4.31. The van der Waals surface area contributed by atoms with Crippen molar-refractivity contribution in [3.05, 3.63) is 35.4 Å². The molecule has 0 fully saturated rings. The smallest absolute Gasteiger partial charge is 0.323 e. The summed E-state index contributed by atoms with van der Waals surface area (Å²) in [6, 6.07) is 7.32. The second-order valence-electron chi connectivity index (χ2n) is 6.38. The topological polar surface area (TPSA) is 57.6 Å². The molecule has 0 radical (unpaired) electrons. The molecule has 116 valence electrons. The van der Waals surface area contributed by atoms with Crippen LogP contribution in [0.2, 0.25) is 0 Å². The number of benzene rings is 1. The average molecular weight is 291 g/mol. The lowest BCUT2D eigenvalue weighted by molar-refractivity contribution is -0.138. The van der Waals surface area contributed by atoms with Gasteiger partial charge in [-0.05, 0) is 30.4 Å². The molecule has 4 nitrogen and oxygen atoms in total. The lowest BCUT2D eigenvalue weighted by Gasteiger charge is -2.30. The predicted octanol–water partition coefficient (Wildman–Crippen LogP) is 3.31. The van der Waals surface area contributed by atoms with E-state index in [0.29, 0.717) is 5.56 Å². The first kappa shape index (κ1) is 17.2. The molecule has 1 aromatic carbocycles. The van der Waals surface area contributed by atoms with Crippen LogP contribution in [0.5, 0.6) is 0 Å². The fourth-order valence-corrected chi connectivity index (χ4v) is 2.27. The molecule has 0 spiro atoms. The van der Waals surface area contributed by atoms with E-state index in [0.717, 1.165) is 12.0 Å². The third-order valence-corrected chi connectivity index (χ3v) is 3.65. The van der Waals surface area contributed by atoms with Gasteiger partial charge in [-0.2, -0.15) is 0 Å². The standard InChI is InChI=1S/C17H25NO3/c1-6-12(2)18(11-15(19)20)16(21)13-9-7-8-10-14(13)17(3,4)5/h7-10,12H,6,11H2,1-5H3,(H,19,20). The number of carbonyl (C=O) groups excluding carboxylic acids is 1. The van der Waals surface area contributed by atoms with Crippen LogP contribution in [0, 0.1) is 0 Å². The zero-order valence-corrected chi connectivity index (χ0v) is 13.5. The first-order valence-electron chi connectivity index (χ1n) is 7.30. The van der Waals surface area contributed by atoms with E-state index < -0.39 is 5.97 Å². The van der Waals surface area contributed by atoms with E-state index in [-0.39, 0.29) is 23.9 Å². The quantitative estimate of drug-likeness (QED) is 0.905. The van der Waals surface area contributed by atoms with Crippen molar-refractivity contribution in [2.75, 3.05) is 6.54 Å². The Morgan fingerprint density at radius 3 is 2.29 bits per heavy atom. The van der Waals surface area contributed by atoms with Crippen molar-refractivity contribution in [1.29, 1.82) is 0 Å². The van der Waals surface area contributed by atoms with Crippen molar-refractivity contribution in [1.82, 2.24) is 4.90 Å². The fourth-order valence-electron chi connectivity index (χ4n) is 2.27. The lowest BCUT2D eigenvalue weighted by Crippen LogP contribution is -2.42. The van der Waals surface area contributed by atoms with Gasteiger partial charge in [-0.25, -0.2) is 0 Å². The minimum Gasteiger partial charge on any atom is -0.480 e. The van der Waals surface area contributed by atoms with Gasteiger partial charge in [0.2, 0.25) is 0 Å². The highest BCUT2D eigenvalue weighted by molar-refractivity contribution is 5.97. The molecule has 1 atom stereocenters. The molecule has 1 amide bonds. The van der Waals surface area contributed by atoms with E-state index in [1.165, 1.54) is 4.90 Å². The molecule has 21 heavy (non-hydrogen) atoms. The molecule has 0 aliphatic carbocycles. The van der Waals surface area contributed by atoms with Gasteiger partial charge in [0.05, 0.1) is 0 Å². The minimum absolute atomic E-state index is 0.110. The largest absolute Gasteiger partial charge is 0.480 e. The normalized spacial score (nSPS) is 12.8. The number of carboxylic acids is 1. The summed E-state index contributed by atoms with van der Waals surface area (Å²) in [6.45, 7) is 9.69. The van der Waals surface area contributed by atoms with Gasteiger partial charge in [0.25, 0.3) is 5.91 Å². The van der Waals surface area contributed by atoms with Crippen LogP contribution < -0.4 is 0 Å². The highest BCUT2D eigenvalue weighted by atomic mass is 16.4. The summed E-state index contributed by atoms with van der Waals surface area (Å²) in [5, 5.41) is 9.06. The molecule has 1 rings (SSSR count). The summed E-state index contributed by atoms with van der Waals surface area (Å²) >= 11 is 0. The summed E-state index contributed by atoms with van der Waals surface area (Å²) in [6.07, 6.45) is 0.719. The molecule has 1 N–H and O–H groups in total. The minimum atomic E-state index is -0.989. The highest BCUT2D eigenvalue weighted by Gasteiger charge is 2.27. The van der Waals surface area contributed by atoms with Crippen molar-refractivity contribution < 1.29 is 14.7 Å². The van der Waals surface area contributed by atoms with E-state index in [9.17, 15) is 9.59 Å². The van der Waals surface area contributed by atoms with Gasteiger partial charge in [-0.15, -0.1) is 0 Å². The Bertz CT molecular complexity index is 517. The van der Waals surface area contributed by atoms with Gasteiger partial charge in [-0.1, -0.05) is 45.9 Å². The number of rotatable bonds is 5. The molecule has 0 saturated heterocycles. The molecule has 4 heteroatoms. The van der Waals surface area contributed by atoms with E-state index in [4.69, 9.17) is 5.11 Å². The number of carboxylic acid groups (broad SMARTS) is 1. The van der Waals surface area contributed by atoms with Gasteiger partial charge in [0, 0.05) is 11.6 Å². The Balaban J connectivity index is 3.24. The van der Waals surface area contributed by atoms with Gasteiger partial charge < -0.3 is 10.0 Å². The van der Waals surface area contributed by atoms with Crippen LogP contribution in [0.3, 0.4) is 0 Å². The summed E-state index contributed by atoms with van der Waals surface area (Å²) in [5.74, 6) is -1.20. The molecule has 0 aliphatic rings. The Hall–Kier alpha value is -1.84. The molecule has 0 aromatic heterocycles. The number of hydrogen-bond donors (Lipinski definition) is 1. The maximum absolute atomic E-state index is 12.8. The van der Waals surface area contributed by atoms with Crippen molar-refractivity contribution in [2.45, 2.75) is 52.5 Å². The molecular formula is C17H25NO3. The second-order valence-corrected chi connectivity index (χ2v) is 6.38. The molecule has 1 aromatic rings. The van der Waals surface area contributed by atoms with E-state index in [2.05, 4.69) is 0 Å². The monoisotopic (exact) mass is 291 g/mol. The number of hydrogen-bond acceptors (Lipinski definition) is 2. The summed E-state index contributed by atoms with van der Waals surface area (Å²) < 4.78 is 0. The summed E-state index contributed by atoms with van der Waals surface area (Å²) in [7, 11) is 0. The van der Waals surface area contributed by atoms with Crippen LogP contribution in [0.1, 0.15) is 57.0 Å². The SMILES string of the molecule is CCC(C)N(CC(=O)O)C(=O)c1ccccc1C(C)(C)C. The molecule has 0 bridgehead atoms. The van der Waals surface area contributed by atoms with Crippen LogP contribution in [0.4, 0.5) is 0 Å². The van der Waals surface area contributed by atoms with Gasteiger partial charge >= 0.3 is 5.97 Å². The average Bonchev–Trinajstić information content (AvgIpc) is 2.42. The van der Waals surface area contributed by atoms with Gasteiger partial charge in [0.15, 0.2) is 0 Å². The number of amides is 1. The Morgan fingerprint density at radius 2 is 1.81 bits per heavy atom. The Kier molecular flexibility index (Phi) is 5.53. The highest BCUT2D eigenvalue weighted by Crippen LogP contribution is 2.27. The number of aliphatic carboxylic acids is 1.